The van der Waals surface area contributed by atoms with E-state index in [0.29, 0.717) is 0 Å². The van der Waals surface area contributed by atoms with Gasteiger partial charge in [-0.05, 0) is 30.9 Å². The van der Waals surface area contributed by atoms with Crippen LogP contribution in [0.1, 0.15) is 24.8 Å². The van der Waals surface area contributed by atoms with Crippen molar-refractivity contribution >= 4 is 21.7 Å². The molecule has 0 unspecified atom stereocenters. The molecule has 76 valence electrons. The minimum atomic E-state index is 0.889. The predicted molar refractivity (Wildman–Crippen MR) is 62.9 cm³/mol. The van der Waals surface area contributed by atoms with Crippen LogP contribution >= 0.6 is 15.9 Å². The second-order valence-corrected chi connectivity index (χ2v) is 4.27. The molecule has 1 fully saturated rings. The summed E-state index contributed by atoms with van der Waals surface area (Å²) in [7, 11) is 0. The Morgan fingerprint density at radius 1 is 1.21 bits per heavy atom. The zero-order valence-electron chi connectivity index (χ0n) is 8.25. The van der Waals surface area contributed by atoms with Crippen molar-refractivity contribution in [3.8, 4) is 0 Å². The van der Waals surface area contributed by atoms with E-state index in [1.54, 1.807) is 0 Å². The molecular formula is C11H15BrN2. The van der Waals surface area contributed by atoms with E-state index in [4.69, 9.17) is 0 Å². The van der Waals surface area contributed by atoms with E-state index >= 15 is 0 Å². The Balaban J connectivity index is 2.07. The van der Waals surface area contributed by atoms with Crippen LogP contribution in [0.5, 0.6) is 0 Å². The molecule has 0 amide bonds. The van der Waals surface area contributed by atoms with Crippen LogP contribution in [0.25, 0.3) is 0 Å². The fourth-order valence-electron chi connectivity index (χ4n) is 1.81. The summed E-state index contributed by atoms with van der Waals surface area (Å²) in [4.78, 5) is 6.85. The summed E-state index contributed by atoms with van der Waals surface area (Å²) in [6.45, 7) is 2.33. The predicted octanol–water partition coefficient (Wildman–Crippen LogP) is 2.97. The average Bonchev–Trinajstić information content (AvgIpc) is 2.30. The molecule has 2 heterocycles. The van der Waals surface area contributed by atoms with Crippen LogP contribution in [0.2, 0.25) is 0 Å². The molecule has 1 aromatic heterocycles. The molecule has 0 radical (unpaired) electrons. The van der Waals surface area contributed by atoms with E-state index < -0.39 is 0 Å². The number of alkyl halides is 1. The Bertz CT molecular complexity index is 278. The van der Waals surface area contributed by atoms with E-state index in [2.05, 4.69) is 37.9 Å². The lowest BCUT2D eigenvalue weighted by atomic mass is 10.1. The van der Waals surface area contributed by atoms with Crippen molar-refractivity contribution in [1.82, 2.24) is 4.98 Å². The monoisotopic (exact) mass is 254 g/mol. The summed E-state index contributed by atoms with van der Waals surface area (Å²) >= 11 is 3.42. The van der Waals surface area contributed by atoms with Gasteiger partial charge in [0.2, 0.25) is 0 Å². The summed E-state index contributed by atoms with van der Waals surface area (Å²) < 4.78 is 0. The first-order valence-corrected chi connectivity index (χ1v) is 6.28. The highest BCUT2D eigenvalue weighted by atomic mass is 79.9. The molecule has 3 heteroatoms. The number of aromatic nitrogens is 1. The maximum Gasteiger partial charge on any atom is 0.128 e. The van der Waals surface area contributed by atoms with Crippen molar-refractivity contribution in [2.45, 2.75) is 24.6 Å². The fraction of sp³-hybridized carbons (Fsp3) is 0.545. The number of nitrogens with zero attached hydrogens (tertiary/aromatic N) is 2. The average molecular weight is 255 g/mol. The van der Waals surface area contributed by atoms with Gasteiger partial charge >= 0.3 is 0 Å². The smallest absolute Gasteiger partial charge is 0.128 e. The van der Waals surface area contributed by atoms with Gasteiger partial charge in [0.05, 0.1) is 0 Å². The van der Waals surface area contributed by atoms with Gasteiger partial charge in [-0.3, -0.25) is 0 Å². The molecule has 1 aliphatic rings. The summed E-state index contributed by atoms with van der Waals surface area (Å²) in [6.07, 6.45) is 5.94. The molecule has 0 saturated carbocycles. The Hall–Kier alpha value is -0.570. The van der Waals surface area contributed by atoms with Gasteiger partial charge in [-0.25, -0.2) is 4.98 Å². The first-order valence-electron chi connectivity index (χ1n) is 5.16. The number of halogens is 1. The van der Waals surface area contributed by atoms with E-state index in [9.17, 15) is 0 Å². The minimum absolute atomic E-state index is 0.889. The lowest BCUT2D eigenvalue weighted by Gasteiger charge is -2.27. The van der Waals surface area contributed by atoms with E-state index in [1.165, 1.54) is 37.9 Å². The molecule has 0 spiro atoms. The summed E-state index contributed by atoms with van der Waals surface area (Å²) in [5.74, 6) is 1.13. The largest absolute Gasteiger partial charge is 0.357 e. The lowest BCUT2D eigenvalue weighted by Crippen LogP contribution is -2.30. The number of hydrogen-bond donors (Lipinski definition) is 0. The van der Waals surface area contributed by atoms with Crippen molar-refractivity contribution < 1.29 is 0 Å². The van der Waals surface area contributed by atoms with Crippen molar-refractivity contribution in [3.63, 3.8) is 0 Å². The Morgan fingerprint density at radius 3 is 2.57 bits per heavy atom. The molecule has 1 saturated heterocycles. The third-order valence-electron chi connectivity index (χ3n) is 2.64. The van der Waals surface area contributed by atoms with E-state index in [1.807, 2.05) is 6.20 Å². The molecule has 0 aliphatic carbocycles. The van der Waals surface area contributed by atoms with Crippen LogP contribution in [-0.2, 0) is 5.33 Å². The molecule has 2 nitrogen and oxygen atoms in total. The van der Waals surface area contributed by atoms with Crippen LogP contribution in [-0.4, -0.2) is 18.1 Å². The van der Waals surface area contributed by atoms with E-state index in [-0.39, 0.29) is 0 Å². The standard InChI is InChI=1S/C11H15BrN2/c12-8-10-4-5-11(13-9-10)14-6-2-1-3-7-14/h4-5,9H,1-3,6-8H2. The first-order chi connectivity index (χ1) is 6.90. The second kappa shape index (κ2) is 4.78. The molecule has 14 heavy (non-hydrogen) atoms. The van der Waals surface area contributed by atoms with Crippen molar-refractivity contribution in [3.05, 3.63) is 23.9 Å². The highest BCUT2D eigenvalue weighted by Crippen LogP contribution is 2.17. The number of anilines is 1. The molecule has 0 aromatic carbocycles. The highest BCUT2D eigenvalue weighted by molar-refractivity contribution is 9.08. The quantitative estimate of drug-likeness (QED) is 0.755. The van der Waals surface area contributed by atoms with Gasteiger partial charge in [0, 0.05) is 24.6 Å². The SMILES string of the molecule is BrCc1ccc(N2CCCCC2)nc1. The third-order valence-corrected chi connectivity index (χ3v) is 3.29. The van der Waals surface area contributed by atoms with Crippen LogP contribution in [0.15, 0.2) is 18.3 Å². The molecular weight excluding hydrogens is 240 g/mol. The van der Waals surface area contributed by atoms with Gasteiger partial charge in [-0.15, -0.1) is 0 Å². The third kappa shape index (κ3) is 2.27. The Morgan fingerprint density at radius 2 is 2.00 bits per heavy atom. The molecule has 2 rings (SSSR count). The van der Waals surface area contributed by atoms with Gasteiger partial charge in [-0.1, -0.05) is 22.0 Å². The van der Waals surface area contributed by atoms with Gasteiger partial charge in [-0.2, -0.15) is 0 Å². The van der Waals surface area contributed by atoms with Crippen LogP contribution in [0.3, 0.4) is 0 Å². The minimum Gasteiger partial charge on any atom is -0.357 e. The van der Waals surface area contributed by atoms with Gasteiger partial charge in [0.15, 0.2) is 0 Å². The maximum absolute atomic E-state index is 4.47. The molecule has 1 aromatic rings. The van der Waals surface area contributed by atoms with Crippen LogP contribution < -0.4 is 4.90 Å². The molecule has 0 N–H and O–H groups in total. The van der Waals surface area contributed by atoms with E-state index in [0.717, 1.165) is 11.1 Å². The summed E-state index contributed by atoms with van der Waals surface area (Å²) in [5.41, 5.74) is 1.24. The lowest BCUT2D eigenvalue weighted by molar-refractivity contribution is 0.573. The Kier molecular flexibility index (Phi) is 3.40. The molecule has 0 bridgehead atoms. The number of hydrogen-bond acceptors (Lipinski definition) is 2. The van der Waals surface area contributed by atoms with Crippen molar-refractivity contribution in [1.29, 1.82) is 0 Å². The highest BCUT2D eigenvalue weighted by Gasteiger charge is 2.11. The number of rotatable bonds is 2. The molecule has 0 atom stereocenters. The van der Waals surface area contributed by atoms with Gasteiger partial charge in [0.25, 0.3) is 0 Å². The van der Waals surface area contributed by atoms with Crippen molar-refractivity contribution in [2.75, 3.05) is 18.0 Å². The summed E-state index contributed by atoms with van der Waals surface area (Å²) in [5, 5.41) is 0.889. The van der Waals surface area contributed by atoms with Crippen molar-refractivity contribution in [2.24, 2.45) is 0 Å². The normalized spacial score (nSPS) is 17.1. The zero-order chi connectivity index (χ0) is 9.80. The van der Waals surface area contributed by atoms with Gasteiger partial charge in [0.1, 0.15) is 5.82 Å². The van der Waals surface area contributed by atoms with Crippen LogP contribution in [0, 0.1) is 0 Å². The van der Waals surface area contributed by atoms with Gasteiger partial charge < -0.3 is 4.90 Å². The maximum atomic E-state index is 4.47. The fourth-order valence-corrected chi connectivity index (χ4v) is 2.14. The topological polar surface area (TPSA) is 16.1 Å². The zero-order valence-corrected chi connectivity index (χ0v) is 9.83. The first kappa shape index (κ1) is 9.97. The second-order valence-electron chi connectivity index (χ2n) is 3.71. The van der Waals surface area contributed by atoms with Crippen LogP contribution in [0.4, 0.5) is 5.82 Å². The summed E-state index contributed by atoms with van der Waals surface area (Å²) in [6, 6.07) is 4.27. The number of pyridine rings is 1. The Labute approximate surface area is 93.5 Å². The number of piperidine rings is 1. The molecule has 1 aliphatic heterocycles.